The third kappa shape index (κ3) is 4.92. The van der Waals surface area contributed by atoms with Crippen molar-refractivity contribution >= 4 is 17.1 Å². The molecular weight excluding hydrogens is 462 g/mol. The lowest BCUT2D eigenvalue weighted by molar-refractivity contribution is 0.0959. The fraction of sp³-hybridized carbons (Fsp3) is 0.129. The number of aromatic nitrogens is 2. The monoisotopic (exact) mass is 489 g/mol. The van der Waals surface area contributed by atoms with Gasteiger partial charge in [0.15, 0.2) is 5.78 Å². The van der Waals surface area contributed by atoms with Crippen LogP contribution >= 0.6 is 0 Å². The zero-order valence-corrected chi connectivity index (χ0v) is 21.0. The highest BCUT2D eigenvalue weighted by Crippen LogP contribution is 2.28. The summed E-state index contributed by atoms with van der Waals surface area (Å²) in [6.07, 6.45) is 1.62. The van der Waals surface area contributed by atoms with Crippen molar-refractivity contribution in [3.8, 4) is 28.1 Å². The van der Waals surface area contributed by atoms with Crippen molar-refractivity contribution in [3.05, 3.63) is 114 Å². The summed E-state index contributed by atoms with van der Waals surface area (Å²) in [6, 6.07) is 28.9. The van der Waals surface area contributed by atoms with E-state index < -0.39 is 0 Å². The normalized spacial score (nSPS) is 11.1. The second kappa shape index (κ2) is 10.2. The van der Waals surface area contributed by atoms with Crippen LogP contribution in [0.4, 0.5) is 0 Å². The zero-order chi connectivity index (χ0) is 25.9. The van der Waals surface area contributed by atoms with E-state index in [1.54, 1.807) is 48.2 Å². The highest BCUT2D eigenvalue weighted by Gasteiger charge is 2.22. The summed E-state index contributed by atoms with van der Waals surface area (Å²) in [5, 5.41) is 0. The van der Waals surface area contributed by atoms with E-state index in [0.29, 0.717) is 28.1 Å². The van der Waals surface area contributed by atoms with E-state index in [2.05, 4.69) is 29.2 Å². The maximum absolute atomic E-state index is 13.5. The summed E-state index contributed by atoms with van der Waals surface area (Å²) in [5.41, 5.74) is 5.90. The first-order chi connectivity index (χ1) is 17.9. The van der Waals surface area contributed by atoms with Gasteiger partial charge in [0.1, 0.15) is 12.1 Å². The van der Waals surface area contributed by atoms with Gasteiger partial charge in [0.05, 0.1) is 30.6 Å². The average molecular weight is 490 g/mol. The molecule has 0 aliphatic rings. The highest BCUT2D eigenvalue weighted by molar-refractivity contribution is 6.13. The molecule has 5 aromatic rings. The van der Waals surface area contributed by atoms with E-state index in [4.69, 9.17) is 4.74 Å². The van der Waals surface area contributed by atoms with E-state index in [1.807, 2.05) is 55.4 Å². The first-order valence-electron chi connectivity index (χ1n) is 12.0. The first-order valence-corrected chi connectivity index (χ1v) is 12.0. The van der Waals surface area contributed by atoms with Crippen molar-refractivity contribution in [1.29, 1.82) is 0 Å². The molecule has 0 saturated heterocycles. The standard InChI is InChI=1S/C31H27N3O3/c1-33(2)19-30(35)26-17-29(31(36)24-10-7-11-25(16-24)37-3)34-20-32-27(18-28(26)34)23-14-12-22(13-15-23)21-8-5-4-6-9-21/h4-18,20H,19H2,1-3H3. The van der Waals surface area contributed by atoms with Gasteiger partial charge >= 0.3 is 0 Å². The van der Waals surface area contributed by atoms with Gasteiger partial charge in [0, 0.05) is 16.7 Å². The summed E-state index contributed by atoms with van der Waals surface area (Å²) in [4.78, 5) is 33.1. The van der Waals surface area contributed by atoms with Gasteiger partial charge in [-0.25, -0.2) is 4.98 Å². The fourth-order valence-electron chi connectivity index (χ4n) is 4.40. The summed E-state index contributed by atoms with van der Waals surface area (Å²) in [7, 11) is 5.26. The molecule has 2 aromatic heterocycles. The first kappa shape index (κ1) is 24.2. The highest BCUT2D eigenvalue weighted by atomic mass is 16.5. The SMILES string of the molecule is COc1cccc(C(=O)c2cc(C(=O)CN(C)C)c3cc(-c4ccc(-c5ccccc5)cc4)ncn23)c1. The Balaban J connectivity index is 1.58. The Morgan fingerprint density at radius 1 is 0.838 bits per heavy atom. The lowest BCUT2D eigenvalue weighted by Crippen LogP contribution is -2.21. The summed E-state index contributed by atoms with van der Waals surface area (Å²) in [5.74, 6) is 0.318. The van der Waals surface area contributed by atoms with Gasteiger partial charge in [-0.15, -0.1) is 0 Å². The summed E-state index contributed by atoms with van der Waals surface area (Å²) in [6.45, 7) is 0.232. The van der Waals surface area contributed by atoms with E-state index in [9.17, 15) is 9.59 Å². The van der Waals surface area contributed by atoms with Gasteiger partial charge in [-0.1, -0.05) is 66.7 Å². The molecule has 3 aromatic carbocycles. The predicted molar refractivity (Wildman–Crippen MR) is 145 cm³/mol. The Morgan fingerprint density at radius 2 is 1.54 bits per heavy atom. The maximum Gasteiger partial charge on any atom is 0.209 e. The minimum Gasteiger partial charge on any atom is -0.497 e. The molecule has 0 radical (unpaired) electrons. The van der Waals surface area contributed by atoms with Gasteiger partial charge in [-0.05, 0) is 49.5 Å². The third-order valence-corrected chi connectivity index (χ3v) is 6.27. The number of likely N-dealkylation sites (N-methyl/N-ethyl adjacent to an activating group) is 1. The number of nitrogens with zero attached hydrogens (tertiary/aromatic N) is 3. The maximum atomic E-state index is 13.5. The second-order valence-electron chi connectivity index (χ2n) is 9.14. The van der Waals surface area contributed by atoms with Crippen molar-refractivity contribution in [2.75, 3.05) is 27.7 Å². The van der Waals surface area contributed by atoms with Crippen LogP contribution in [0.15, 0.2) is 97.3 Å². The number of Topliss-reactive ketones (excluding diaryl/α,β-unsaturated/α-hetero) is 1. The number of fused-ring (bicyclic) bond motifs is 1. The van der Waals surface area contributed by atoms with Gasteiger partial charge < -0.3 is 9.64 Å². The Labute approximate surface area is 215 Å². The topological polar surface area (TPSA) is 63.9 Å². The number of ether oxygens (including phenoxy) is 1. The number of rotatable bonds is 8. The van der Waals surface area contributed by atoms with Crippen LogP contribution in [0.2, 0.25) is 0 Å². The molecule has 0 amide bonds. The van der Waals surface area contributed by atoms with Crippen LogP contribution in [0.1, 0.15) is 26.4 Å². The second-order valence-corrected chi connectivity index (χ2v) is 9.14. The van der Waals surface area contributed by atoms with Crippen molar-refractivity contribution in [3.63, 3.8) is 0 Å². The molecule has 0 saturated carbocycles. The molecule has 6 nitrogen and oxygen atoms in total. The molecule has 6 heteroatoms. The lowest BCUT2D eigenvalue weighted by atomic mass is 10.0. The van der Waals surface area contributed by atoms with Gasteiger partial charge in [0.2, 0.25) is 5.78 Å². The lowest BCUT2D eigenvalue weighted by Gasteiger charge is -2.09. The molecule has 5 rings (SSSR count). The van der Waals surface area contributed by atoms with Crippen molar-refractivity contribution < 1.29 is 14.3 Å². The number of carbonyl (C=O) groups is 2. The van der Waals surface area contributed by atoms with E-state index in [-0.39, 0.29) is 18.1 Å². The number of hydrogen-bond acceptors (Lipinski definition) is 5. The van der Waals surface area contributed by atoms with Crippen LogP contribution in [0, 0.1) is 0 Å². The molecule has 0 aliphatic carbocycles. The van der Waals surface area contributed by atoms with Crippen molar-refractivity contribution in [2.24, 2.45) is 0 Å². The number of benzene rings is 3. The van der Waals surface area contributed by atoms with Gasteiger partial charge in [0.25, 0.3) is 0 Å². The van der Waals surface area contributed by atoms with E-state index >= 15 is 0 Å². The molecule has 0 aliphatic heterocycles. The molecule has 2 heterocycles. The Kier molecular flexibility index (Phi) is 6.66. The predicted octanol–water partition coefficient (Wildman–Crippen LogP) is 5.65. The Bertz CT molecular complexity index is 1590. The van der Waals surface area contributed by atoms with Crippen LogP contribution in [0.5, 0.6) is 5.75 Å². The minimum absolute atomic E-state index is 0.0660. The summed E-state index contributed by atoms with van der Waals surface area (Å²) >= 11 is 0. The van der Waals surface area contributed by atoms with Crippen LogP contribution in [0.3, 0.4) is 0 Å². The average Bonchev–Trinajstić information content (AvgIpc) is 3.32. The number of hydrogen-bond donors (Lipinski definition) is 0. The van der Waals surface area contributed by atoms with Crippen LogP contribution in [-0.4, -0.2) is 53.6 Å². The quantitative estimate of drug-likeness (QED) is 0.264. The molecule has 0 spiro atoms. The van der Waals surface area contributed by atoms with Crippen molar-refractivity contribution in [1.82, 2.24) is 14.3 Å². The van der Waals surface area contributed by atoms with Crippen LogP contribution in [0.25, 0.3) is 27.9 Å². The smallest absolute Gasteiger partial charge is 0.209 e. The van der Waals surface area contributed by atoms with Gasteiger partial charge in [-0.2, -0.15) is 0 Å². The van der Waals surface area contributed by atoms with Crippen LogP contribution in [-0.2, 0) is 0 Å². The van der Waals surface area contributed by atoms with Crippen molar-refractivity contribution in [2.45, 2.75) is 0 Å². The number of methoxy groups -OCH3 is 1. The molecule has 37 heavy (non-hydrogen) atoms. The molecule has 0 fully saturated rings. The molecule has 0 N–H and O–H groups in total. The minimum atomic E-state index is -0.209. The molecular formula is C31H27N3O3. The summed E-state index contributed by atoms with van der Waals surface area (Å²) < 4.78 is 6.99. The molecule has 184 valence electrons. The zero-order valence-electron chi connectivity index (χ0n) is 21.0. The largest absolute Gasteiger partial charge is 0.497 e. The fourth-order valence-corrected chi connectivity index (χ4v) is 4.40. The van der Waals surface area contributed by atoms with Gasteiger partial charge in [-0.3, -0.25) is 14.0 Å². The molecule has 0 atom stereocenters. The van der Waals surface area contributed by atoms with E-state index in [0.717, 1.165) is 22.4 Å². The Morgan fingerprint density at radius 3 is 2.24 bits per heavy atom. The molecule has 0 unspecified atom stereocenters. The van der Waals surface area contributed by atoms with E-state index in [1.165, 1.54) is 0 Å². The Hall–Kier alpha value is -4.55. The third-order valence-electron chi connectivity index (χ3n) is 6.27. The molecule has 0 bridgehead atoms. The van der Waals surface area contributed by atoms with Crippen LogP contribution < -0.4 is 4.74 Å². The number of ketones is 2. The number of carbonyl (C=O) groups excluding carboxylic acids is 2.